The molecule has 0 aromatic rings. The van der Waals surface area contributed by atoms with Crippen LogP contribution in [0.1, 0.15) is 32.6 Å². The van der Waals surface area contributed by atoms with Crippen LogP contribution in [-0.4, -0.2) is 24.7 Å². The Morgan fingerprint density at radius 3 is 3.00 bits per heavy atom. The van der Waals surface area contributed by atoms with Crippen molar-refractivity contribution >= 4 is 5.91 Å². The van der Waals surface area contributed by atoms with Crippen LogP contribution < -0.4 is 5.32 Å². The van der Waals surface area contributed by atoms with Crippen LogP contribution in [-0.2, 0) is 9.53 Å². The highest BCUT2D eigenvalue weighted by molar-refractivity contribution is 5.80. The molecular weight excluding hydrogens is 166 g/mol. The van der Waals surface area contributed by atoms with Crippen molar-refractivity contribution in [2.75, 3.05) is 6.54 Å². The molecule has 0 aromatic carbocycles. The number of rotatable bonds is 0. The zero-order valence-corrected chi connectivity index (χ0v) is 8.08. The third kappa shape index (κ3) is 1.85. The number of ether oxygens (including phenoxy) is 1. The topological polar surface area (TPSA) is 38.3 Å². The van der Waals surface area contributed by atoms with Crippen molar-refractivity contribution < 1.29 is 9.53 Å². The van der Waals surface area contributed by atoms with Crippen LogP contribution in [0.5, 0.6) is 0 Å². The number of carbonyl (C=O) groups is 1. The fraction of sp³-hybridized carbons (Fsp3) is 0.900. The molecule has 0 spiro atoms. The number of amides is 1. The molecule has 1 amide bonds. The maximum absolute atomic E-state index is 11.3. The van der Waals surface area contributed by atoms with Crippen LogP contribution in [0.4, 0.5) is 0 Å². The molecule has 1 aliphatic heterocycles. The molecule has 1 N–H and O–H groups in total. The average molecular weight is 183 g/mol. The zero-order chi connectivity index (χ0) is 9.26. The molecule has 1 aliphatic carbocycles. The zero-order valence-electron chi connectivity index (χ0n) is 8.08. The van der Waals surface area contributed by atoms with Crippen molar-refractivity contribution in [1.29, 1.82) is 0 Å². The predicted octanol–water partition coefficient (Wildman–Crippen LogP) is 1.08. The summed E-state index contributed by atoms with van der Waals surface area (Å²) in [4.78, 5) is 11.3. The lowest BCUT2D eigenvalue weighted by atomic mass is 9.86. The van der Waals surface area contributed by atoms with Crippen molar-refractivity contribution in [3.05, 3.63) is 0 Å². The molecule has 13 heavy (non-hydrogen) atoms. The van der Waals surface area contributed by atoms with Crippen LogP contribution in [0.25, 0.3) is 0 Å². The first-order valence-electron chi connectivity index (χ1n) is 5.20. The second-order valence-electron chi connectivity index (χ2n) is 4.11. The Labute approximate surface area is 78.8 Å². The molecule has 3 heteroatoms. The Morgan fingerprint density at radius 2 is 2.15 bits per heavy atom. The first-order chi connectivity index (χ1) is 6.27. The molecule has 1 heterocycles. The van der Waals surface area contributed by atoms with E-state index < -0.39 is 0 Å². The van der Waals surface area contributed by atoms with Gasteiger partial charge in [0, 0.05) is 12.5 Å². The Kier molecular flexibility index (Phi) is 2.54. The van der Waals surface area contributed by atoms with Gasteiger partial charge in [-0.15, -0.1) is 0 Å². The van der Waals surface area contributed by atoms with Gasteiger partial charge in [-0.3, -0.25) is 4.79 Å². The van der Waals surface area contributed by atoms with Crippen molar-refractivity contribution in [1.82, 2.24) is 5.32 Å². The fourth-order valence-corrected chi connectivity index (χ4v) is 2.29. The molecule has 0 aromatic heterocycles. The molecule has 2 fully saturated rings. The van der Waals surface area contributed by atoms with Gasteiger partial charge in [0.1, 0.15) is 6.10 Å². The summed E-state index contributed by atoms with van der Waals surface area (Å²) in [6.07, 6.45) is 4.94. The van der Waals surface area contributed by atoms with E-state index in [1.807, 2.05) is 6.92 Å². The molecule has 2 aliphatic rings. The molecular formula is C10H17NO2. The summed E-state index contributed by atoms with van der Waals surface area (Å²) in [6.45, 7) is 2.65. The van der Waals surface area contributed by atoms with Crippen molar-refractivity contribution in [3.63, 3.8) is 0 Å². The molecule has 0 bridgehead atoms. The second-order valence-corrected chi connectivity index (χ2v) is 4.11. The molecule has 0 radical (unpaired) electrons. The lowest BCUT2D eigenvalue weighted by molar-refractivity contribution is -0.133. The van der Waals surface area contributed by atoms with E-state index in [9.17, 15) is 4.79 Å². The molecule has 1 saturated heterocycles. The monoisotopic (exact) mass is 183 g/mol. The maximum atomic E-state index is 11.3. The summed E-state index contributed by atoms with van der Waals surface area (Å²) >= 11 is 0. The van der Waals surface area contributed by atoms with Gasteiger partial charge in [0.2, 0.25) is 5.91 Å². The van der Waals surface area contributed by atoms with Gasteiger partial charge in [-0.1, -0.05) is 12.8 Å². The summed E-state index contributed by atoms with van der Waals surface area (Å²) in [7, 11) is 0. The minimum Gasteiger partial charge on any atom is -0.365 e. The van der Waals surface area contributed by atoms with Gasteiger partial charge in [0.25, 0.3) is 0 Å². The lowest BCUT2D eigenvalue weighted by Crippen LogP contribution is -2.32. The lowest BCUT2D eigenvalue weighted by Gasteiger charge is -2.29. The van der Waals surface area contributed by atoms with E-state index in [-0.39, 0.29) is 12.0 Å². The standard InChI is InChI=1S/C10H17NO2/c1-7-10(12)11-6-8-4-2-3-5-9(8)13-7/h7-9H,2-6H2,1H3,(H,11,12). The first-order valence-corrected chi connectivity index (χ1v) is 5.20. The van der Waals surface area contributed by atoms with Crippen LogP contribution in [0, 0.1) is 5.92 Å². The average Bonchev–Trinajstić information content (AvgIpc) is 2.28. The number of hydrogen-bond acceptors (Lipinski definition) is 2. The molecule has 3 nitrogen and oxygen atoms in total. The molecule has 1 saturated carbocycles. The van der Waals surface area contributed by atoms with E-state index in [0.29, 0.717) is 12.0 Å². The Balaban J connectivity index is 2.04. The summed E-state index contributed by atoms with van der Waals surface area (Å²) in [5.41, 5.74) is 0. The van der Waals surface area contributed by atoms with Gasteiger partial charge in [-0.2, -0.15) is 0 Å². The highest BCUT2D eigenvalue weighted by Crippen LogP contribution is 2.28. The number of carbonyl (C=O) groups excluding carboxylic acids is 1. The highest BCUT2D eigenvalue weighted by atomic mass is 16.5. The van der Waals surface area contributed by atoms with Crippen LogP contribution in [0.2, 0.25) is 0 Å². The molecule has 3 atom stereocenters. The summed E-state index contributed by atoms with van der Waals surface area (Å²) in [5.74, 6) is 0.608. The number of hydrogen-bond donors (Lipinski definition) is 1. The van der Waals surface area contributed by atoms with Crippen molar-refractivity contribution in [2.45, 2.75) is 44.8 Å². The van der Waals surface area contributed by atoms with Crippen molar-refractivity contribution in [3.8, 4) is 0 Å². The van der Waals surface area contributed by atoms with Crippen molar-refractivity contribution in [2.24, 2.45) is 5.92 Å². The second kappa shape index (κ2) is 3.66. The van der Waals surface area contributed by atoms with E-state index in [1.54, 1.807) is 0 Å². The third-order valence-electron chi connectivity index (χ3n) is 3.13. The SMILES string of the molecule is CC1OC2CCCCC2CNC1=O. The van der Waals surface area contributed by atoms with Crippen LogP contribution >= 0.6 is 0 Å². The summed E-state index contributed by atoms with van der Waals surface area (Å²) in [5, 5.41) is 2.93. The summed E-state index contributed by atoms with van der Waals surface area (Å²) < 4.78 is 5.72. The smallest absolute Gasteiger partial charge is 0.248 e. The summed E-state index contributed by atoms with van der Waals surface area (Å²) in [6, 6.07) is 0. The van der Waals surface area contributed by atoms with E-state index in [2.05, 4.69) is 5.32 Å². The van der Waals surface area contributed by atoms with Crippen LogP contribution in [0.15, 0.2) is 0 Å². The Morgan fingerprint density at radius 1 is 1.38 bits per heavy atom. The highest BCUT2D eigenvalue weighted by Gasteiger charge is 2.32. The first kappa shape index (κ1) is 9.00. The maximum Gasteiger partial charge on any atom is 0.248 e. The molecule has 2 rings (SSSR count). The minimum atomic E-state index is -0.256. The van der Waals surface area contributed by atoms with Gasteiger partial charge in [0.05, 0.1) is 6.10 Å². The fourth-order valence-electron chi connectivity index (χ4n) is 2.29. The Bertz CT molecular complexity index is 205. The van der Waals surface area contributed by atoms with E-state index in [4.69, 9.17) is 4.74 Å². The van der Waals surface area contributed by atoms with E-state index in [1.165, 1.54) is 19.3 Å². The van der Waals surface area contributed by atoms with Gasteiger partial charge in [-0.05, 0) is 19.8 Å². The molecule has 74 valence electrons. The Hall–Kier alpha value is -0.570. The van der Waals surface area contributed by atoms with E-state index in [0.717, 1.165) is 13.0 Å². The van der Waals surface area contributed by atoms with Gasteiger partial charge in [-0.25, -0.2) is 0 Å². The van der Waals surface area contributed by atoms with Gasteiger partial charge in [0.15, 0.2) is 0 Å². The van der Waals surface area contributed by atoms with E-state index >= 15 is 0 Å². The quantitative estimate of drug-likeness (QED) is 0.610. The number of nitrogens with one attached hydrogen (secondary N) is 1. The third-order valence-corrected chi connectivity index (χ3v) is 3.13. The molecule has 3 unspecified atom stereocenters. The largest absolute Gasteiger partial charge is 0.365 e. The van der Waals surface area contributed by atoms with Gasteiger partial charge >= 0.3 is 0 Å². The van der Waals surface area contributed by atoms with Gasteiger partial charge < -0.3 is 10.1 Å². The minimum absolute atomic E-state index is 0.0504. The predicted molar refractivity (Wildman–Crippen MR) is 49.3 cm³/mol. The normalized spacial score (nSPS) is 40.4. The van der Waals surface area contributed by atoms with Crippen LogP contribution in [0.3, 0.4) is 0 Å². The number of fused-ring (bicyclic) bond motifs is 1.